The molecule has 0 amide bonds. The quantitative estimate of drug-likeness (QED) is 0.173. The summed E-state index contributed by atoms with van der Waals surface area (Å²) >= 11 is 1.79. The number of fused-ring (bicyclic) bond motifs is 10. The van der Waals surface area contributed by atoms with Crippen LogP contribution in [0.4, 0.5) is 0 Å². The molecule has 0 aliphatic carbocycles. The molecule has 242 valence electrons. The van der Waals surface area contributed by atoms with E-state index < -0.39 is 0 Å². The summed E-state index contributed by atoms with van der Waals surface area (Å²) in [6.45, 7) is 0. The van der Waals surface area contributed by atoms with Gasteiger partial charge < -0.3 is 4.42 Å². The van der Waals surface area contributed by atoms with Gasteiger partial charge in [0.15, 0.2) is 17.5 Å². The van der Waals surface area contributed by atoms with E-state index in [1.165, 1.54) is 20.2 Å². The average Bonchev–Trinajstić information content (AvgIpc) is 3.79. The Morgan fingerprint density at radius 2 is 1.06 bits per heavy atom. The predicted molar refractivity (Wildman–Crippen MR) is 215 cm³/mol. The molecule has 0 saturated heterocycles. The lowest BCUT2D eigenvalue weighted by Crippen LogP contribution is -2.00. The highest BCUT2D eigenvalue weighted by Crippen LogP contribution is 2.43. The summed E-state index contributed by atoms with van der Waals surface area (Å²) in [5, 5.41) is 7.61. The molecule has 0 aliphatic rings. The van der Waals surface area contributed by atoms with Gasteiger partial charge in [0.25, 0.3) is 0 Å². The van der Waals surface area contributed by atoms with E-state index in [2.05, 4.69) is 103 Å². The van der Waals surface area contributed by atoms with Gasteiger partial charge in [0.1, 0.15) is 11.2 Å². The molecular formula is C46H26N4OS. The van der Waals surface area contributed by atoms with Gasteiger partial charge in [-0.15, -0.1) is 11.3 Å². The van der Waals surface area contributed by atoms with Crippen LogP contribution in [0.5, 0.6) is 0 Å². The molecule has 11 aromatic rings. The van der Waals surface area contributed by atoms with E-state index in [0.29, 0.717) is 17.5 Å². The largest absolute Gasteiger partial charge is 0.455 e. The molecule has 0 bridgehead atoms. The minimum absolute atomic E-state index is 0.596. The molecule has 0 spiro atoms. The SMILES string of the molecule is c1ccc(-c2nc(-c3ccc4c(c3)sc3ccccc34)nc(-c3cccc4oc5c(ccc6c(-c7ccccc7)nc7ccccc7c65)c34)n2)cc1. The lowest BCUT2D eigenvalue weighted by molar-refractivity contribution is 0.673. The Morgan fingerprint density at radius 1 is 0.404 bits per heavy atom. The van der Waals surface area contributed by atoms with E-state index in [-0.39, 0.29) is 0 Å². The molecular weight excluding hydrogens is 657 g/mol. The van der Waals surface area contributed by atoms with E-state index >= 15 is 0 Å². The highest BCUT2D eigenvalue weighted by atomic mass is 32.1. The van der Waals surface area contributed by atoms with Gasteiger partial charge >= 0.3 is 0 Å². The molecule has 0 aliphatic heterocycles. The molecule has 4 aromatic heterocycles. The van der Waals surface area contributed by atoms with Crippen LogP contribution in [0.2, 0.25) is 0 Å². The van der Waals surface area contributed by atoms with E-state index in [1.807, 2.05) is 54.6 Å². The Kier molecular flexibility index (Phi) is 6.35. The molecule has 0 atom stereocenters. The van der Waals surface area contributed by atoms with Crippen molar-refractivity contribution in [3.05, 3.63) is 158 Å². The highest BCUT2D eigenvalue weighted by molar-refractivity contribution is 7.25. The molecule has 0 saturated carbocycles. The fourth-order valence-corrected chi connectivity index (χ4v) is 8.67. The molecule has 0 unspecified atom stereocenters. The molecule has 7 aromatic carbocycles. The summed E-state index contributed by atoms with van der Waals surface area (Å²) in [6, 6.07) is 54.3. The molecule has 0 fully saturated rings. The summed E-state index contributed by atoms with van der Waals surface area (Å²) in [4.78, 5) is 20.5. The maximum absolute atomic E-state index is 6.84. The second-order valence-corrected chi connectivity index (χ2v) is 14.1. The van der Waals surface area contributed by atoms with Crippen LogP contribution in [0.25, 0.3) is 109 Å². The first-order chi connectivity index (χ1) is 25.8. The molecule has 52 heavy (non-hydrogen) atoms. The normalized spacial score (nSPS) is 11.8. The van der Waals surface area contributed by atoms with Crippen molar-refractivity contribution in [1.29, 1.82) is 0 Å². The van der Waals surface area contributed by atoms with Crippen LogP contribution in [0, 0.1) is 0 Å². The number of benzene rings is 7. The van der Waals surface area contributed by atoms with Crippen LogP contribution in [0.1, 0.15) is 0 Å². The summed E-state index contributed by atoms with van der Waals surface area (Å²) in [5.41, 5.74) is 7.28. The first-order valence-electron chi connectivity index (χ1n) is 17.2. The van der Waals surface area contributed by atoms with Crippen molar-refractivity contribution in [2.45, 2.75) is 0 Å². The van der Waals surface area contributed by atoms with Crippen molar-refractivity contribution in [3.8, 4) is 45.4 Å². The standard InChI is InChI=1S/C46H26N4OS/c1-3-12-27(13-4-1)42-33-24-25-34-40-35(18-11-20-37(40)51-43(34)41(33)32-17-7-9-19-36(32)47-42)46-49-44(28-14-5-2-6-15-28)48-45(50-46)29-22-23-31-30-16-8-10-21-38(30)52-39(31)26-29/h1-26H. The van der Waals surface area contributed by atoms with Crippen LogP contribution in [0.15, 0.2) is 162 Å². The van der Waals surface area contributed by atoms with E-state index in [9.17, 15) is 0 Å². The zero-order valence-electron chi connectivity index (χ0n) is 27.6. The van der Waals surface area contributed by atoms with Crippen LogP contribution in [-0.2, 0) is 0 Å². The van der Waals surface area contributed by atoms with E-state index in [1.54, 1.807) is 11.3 Å². The number of para-hydroxylation sites is 1. The molecule has 5 nitrogen and oxygen atoms in total. The molecule has 11 rings (SSSR count). The zero-order valence-corrected chi connectivity index (χ0v) is 28.4. The maximum Gasteiger partial charge on any atom is 0.164 e. The Hall–Kier alpha value is -6.76. The van der Waals surface area contributed by atoms with Crippen molar-refractivity contribution < 1.29 is 4.42 Å². The number of hydrogen-bond donors (Lipinski definition) is 0. The third-order valence-electron chi connectivity index (χ3n) is 9.92. The van der Waals surface area contributed by atoms with Crippen LogP contribution < -0.4 is 0 Å². The minimum atomic E-state index is 0.596. The van der Waals surface area contributed by atoms with E-state index in [4.69, 9.17) is 24.4 Å². The number of hydrogen-bond acceptors (Lipinski definition) is 6. The summed E-state index contributed by atoms with van der Waals surface area (Å²) < 4.78 is 9.30. The zero-order chi connectivity index (χ0) is 34.2. The van der Waals surface area contributed by atoms with Gasteiger partial charge in [-0.1, -0.05) is 127 Å². The Bertz CT molecular complexity index is 3190. The van der Waals surface area contributed by atoms with Crippen molar-refractivity contribution in [2.75, 3.05) is 0 Å². The lowest BCUT2D eigenvalue weighted by Gasteiger charge is -2.11. The van der Waals surface area contributed by atoms with E-state index in [0.717, 1.165) is 71.6 Å². The van der Waals surface area contributed by atoms with Gasteiger partial charge in [-0.3, -0.25) is 0 Å². The Balaban J connectivity index is 1.17. The molecule has 0 N–H and O–H groups in total. The van der Waals surface area contributed by atoms with Crippen molar-refractivity contribution in [3.63, 3.8) is 0 Å². The number of thiophene rings is 1. The summed E-state index contributed by atoms with van der Waals surface area (Å²) in [7, 11) is 0. The lowest BCUT2D eigenvalue weighted by atomic mass is 9.97. The van der Waals surface area contributed by atoms with Crippen molar-refractivity contribution >= 4 is 75.1 Å². The third-order valence-corrected chi connectivity index (χ3v) is 11.1. The monoisotopic (exact) mass is 682 g/mol. The second kappa shape index (κ2) is 11.4. The van der Waals surface area contributed by atoms with Gasteiger partial charge in [-0.2, -0.15) is 0 Å². The molecule has 6 heteroatoms. The third kappa shape index (κ3) is 4.48. The van der Waals surface area contributed by atoms with Crippen molar-refractivity contribution in [2.24, 2.45) is 0 Å². The van der Waals surface area contributed by atoms with Gasteiger partial charge in [0.2, 0.25) is 0 Å². The predicted octanol–water partition coefficient (Wildman–Crippen LogP) is 12.5. The van der Waals surface area contributed by atoms with Gasteiger partial charge in [0, 0.05) is 69.4 Å². The number of pyridine rings is 1. The second-order valence-electron chi connectivity index (χ2n) is 13.0. The smallest absolute Gasteiger partial charge is 0.164 e. The van der Waals surface area contributed by atoms with Crippen LogP contribution in [-0.4, -0.2) is 19.9 Å². The maximum atomic E-state index is 6.84. The van der Waals surface area contributed by atoms with Gasteiger partial charge in [-0.25, -0.2) is 19.9 Å². The first-order valence-corrected chi connectivity index (χ1v) is 18.0. The number of nitrogens with zero attached hydrogens (tertiary/aromatic N) is 4. The number of rotatable bonds is 4. The fourth-order valence-electron chi connectivity index (χ4n) is 7.53. The fraction of sp³-hybridized carbons (Fsp3) is 0. The minimum Gasteiger partial charge on any atom is -0.455 e. The Labute approximate surface area is 301 Å². The highest BCUT2D eigenvalue weighted by Gasteiger charge is 2.21. The summed E-state index contributed by atoms with van der Waals surface area (Å²) in [6.07, 6.45) is 0. The Morgan fingerprint density at radius 3 is 1.90 bits per heavy atom. The number of aromatic nitrogens is 4. The average molecular weight is 683 g/mol. The molecule has 4 heterocycles. The van der Waals surface area contributed by atoms with Gasteiger partial charge in [-0.05, 0) is 30.3 Å². The van der Waals surface area contributed by atoms with Crippen LogP contribution >= 0.6 is 11.3 Å². The topological polar surface area (TPSA) is 64.7 Å². The van der Waals surface area contributed by atoms with Crippen molar-refractivity contribution in [1.82, 2.24) is 19.9 Å². The number of furan rings is 1. The van der Waals surface area contributed by atoms with Crippen LogP contribution in [0.3, 0.4) is 0 Å². The molecule has 0 radical (unpaired) electrons. The van der Waals surface area contributed by atoms with Gasteiger partial charge in [0.05, 0.1) is 11.2 Å². The summed E-state index contributed by atoms with van der Waals surface area (Å²) in [5.74, 6) is 1.85. The first kappa shape index (κ1) is 29.0.